The second kappa shape index (κ2) is 6.64. The summed E-state index contributed by atoms with van der Waals surface area (Å²) in [6.07, 6.45) is 0.779. The Bertz CT molecular complexity index is 364. The molecule has 1 rings (SSSR count). The maximum Gasteiger partial charge on any atom is 0.234 e. The van der Waals surface area contributed by atoms with E-state index < -0.39 is 0 Å². The highest BCUT2D eigenvalue weighted by atomic mass is 79.9. The maximum absolute atomic E-state index is 11.7. The van der Waals surface area contributed by atoms with Crippen LogP contribution in [0.1, 0.15) is 31.9 Å². The Balaban J connectivity index is 2.63. The first-order chi connectivity index (χ1) is 8.08. The molecule has 3 nitrogen and oxygen atoms in total. The van der Waals surface area contributed by atoms with E-state index in [2.05, 4.69) is 21.2 Å². The quantitative estimate of drug-likeness (QED) is 0.849. The maximum atomic E-state index is 11.7. The van der Waals surface area contributed by atoms with Crippen molar-refractivity contribution in [1.82, 2.24) is 5.32 Å². The number of hydrogen-bond donors (Lipinski definition) is 1. The highest BCUT2D eigenvalue weighted by Gasteiger charge is 2.15. The Morgan fingerprint density at radius 2 is 2.00 bits per heavy atom. The van der Waals surface area contributed by atoms with E-state index in [9.17, 15) is 4.79 Å². The van der Waals surface area contributed by atoms with Crippen LogP contribution in [0.3, 0.4) is 0 Å². The van der Waals surface area contributed by atoms with Gasteiger partial charge in [0.05, 0.1) is 18.0 Å². The summed E-state index contributed by atoms with van der Waals surface area (Å²) in [5.41, 5.74) is 1.06. The zero-order valence-electron chi connectivity index (χ0n) is 10.4. The monoisotopic (exact) mass is 299 g/mol. The van der Waals surface area contributed by atoms with Gasteiger partial charge in [-0.05, 0) is 31.0 Å². The molecule has 94 valence electrons. The zero-order valence-corrected chi connectivity index (χ0v) is 12.0. The molecule has 1 aromatic rings. The predicted octanol–water partition coefficient (Wildman–Crippen LogP) is 3.05. The van der Waals surface area contributed by atoms with Crippen LogP contribution < -0.4 is 10.1 Å². The lowest BCUT2D eigenvalue weighted by atomic mass is 10.1. The van der Waals surface area contributed by atoms with Gasteiger partial charge in [0.15, 0.2) is 0 Å². The first-order valence-electron chi connectivity index (χ1n) is 5.66. The van der Waals surface area contributed by atoms with Crippen molar-refractivity contribution >= 4 is 21.8 Å². The molecule has 0 aliphatic rings. The van der Waals surface area contributed by atoms with Crippen LogP contribution in [0.25, 0.3) is 0 Å². The van der Waals surface area contributed by atoms with Gasteiger partial charge in [-0.3, -0.25) is 4.79 Å². The summed E-state index contributed by atoms with van der Waals surface area (Å²) in [6, 6.07) is 7.70. The van der Waals surface area contributed by atoms with Crippen molar-refractivity contribution < 1.29 is 9.53 Å². The van der Waals surface area contributed by atoms with Crippen molar-refractivity contribution in [1.29, 1.82) is 0 Å². The number of amides is 1. The first kappa shape index (κ1) is 14.0. The van der Waals surface area contributed by atoms with E-state index in [1.807, 2.05) is 38.1 Å². The Kier molecular flexibility index (Phi) is 5.48. The Labute approximate surface area is 111 Å². The minimum absolute atomic E-state index is 0.00000567. The molecule has 0 bridgehead atoms. The molecule has 1 amide bonds. The Hall–Kier alpha value is -1.03. The number of carbonyl (C=O) groups excluding carboxylic acids is 1. The van der Waals surface area contributed by atoms with Crippen LogP contribution in [0.5, 0.6) is 5.75 Å². The number of ether oxygens (including phenoxy) is 1. The number of nitrogens with one attached hydrogen (secondary N) is 1. The van der Waals surface area contributed by atoms with Gasteiger partial charge in [-0.15, -0.1) is 0 Å². The molecule has 0 unspecified atom stereocenters. The minimum Gasteiger partial charge on any atom is -0.497 e. The highest BCUT2D eigenvalue weighted by molar-refractivity contribution is 9.10. The summed E-state index contributed by atoms with van der Waals surface area (Å²) in [5, 5.41) is 2.96. The van der Waals surface area contributed by atoms with Crippen molar-refractivity contribution in [3.8, 4) is 5.75 Å². The van der Waals surface area contributed by atoms with Crippen molar-refractivity contribution in [3.05, 3.63) is 29.8 Å². The van der Waals surface area contributed by atoms with E-state index in [4.69, 9.17) is 4.74 Å². The van der Waals surface area contributed by atoms with E-state index >= 15 is 0 Å². The van der Waals surface area contributed by atoms with Gasteiger partial charge >= 0.3 is 0 Å². The molecule has 2 atom stereocenters. The molecule has 0 saturated heterocycles. The van der Waals surface area contributed by atoms with Crippen LogP contribution in [0, 0.1) is 0 Å². The first-order valence-corrected chi connectivity index (χ1v) is 6.58. The fourth-order valence-electron chi connectivity index (χ4n) is 1.47. The van der Waals surface area contributed by atoms with Gasteiger partial charge in [-0.2, -0.15) is 0 Å². The molecule has 0 heterocycles. The average Bonchev–Trinajstić information content (AvgIpc) is 2.37. The largest absolute Gasteiger partial charge is 0.497 e. The van der Waals surface area contributed by atoms with Crippen molar-refractivity contribution in [2.45, 2.75) is 31.1 Å². The Morgan fingerprint density at radius 1 is 1.41 bits per heavy atom. The third-order valence-electron chi connectivity index (χ3n) is 2.62. The van der Waals surface area contributed by atoms with Crippen LogP contribution in [0.2, 0.25) is 0 Å². The molecule has 17 heavy (non-hydrogen) atoms. The lowest BCUT2D eigenvalue weighted by Crippen LogP contribution is -2.32. The molecule has 1 N–H and O–H groups in total. The summed E-state index contributed by atoms with van der Waals surface area (Å²) in [6.45, 7) is 3.94. The third-order valence-corrected chi connectivity index (χ3v) is 3.68. The molecule has 4 heteroatoms. The number of halogens is 1. The van der Waals surface area contributed by atoms with Crippen LogP contribution in [-0.2, 0) is 4.79 Å². The minimum atomic E-state index is -0.122. The van der Waals surface area contributed by atoms with Gasteiger partial charge in [0, 0.05) is 0 Å². The molecule has 0 saturated carbocycles. The van der Waals surface area contributed by atoms with Gasteiger partial charge in [0.25, 0.3) is 0 Å². The fraction of sp³-hybridized carbons (Fsp3) is 0.462. The SMILES string of the molecule is CC[C@H](Br)C(=O)N[C@H](C)c1ccc(OC)cc1. The van der Waals surface area contributed by atoms with E-state index in [1.54, 1.807) is 7.11 Å². The smallest absolute Gasteiger partial charge is 0.234 e. The van der Waals surface area contributed by atoms with E-state index in [0.29, 0.717) is 0 Å². The summed E-state index contributed by atoms with van der Waals surface area (Å²) >= 11 is 3.33. The van der Waals surface area contributed by atoms with Crippen molar-refractivity contribution in [3.63, 3.8) is 0 Å². The lowest BCUT2D eigenvalue weighted by molar-refractivity contribution is -0.121. The van der Waals surface area contributed by atoms with Gasteiger partial charge in [-0.1, -0.05) is 35.0 Å². The number of carbonyl (C=O) groups is 1. The van der Waals surface area contributed by atoms with Gasteiger partial charge < -0.3 is 10.1 Å². The van der Waals surface area contributed by atoms with Crippen LogP contribution in [-0.4, -0.2) is 17.8 Å². The molecule has 1 aromatic carbocycles. The summed E-state index contributed by atoms with van der Waals surface area (Å²) in [4.78, 5) is 11.6. The normalized spacial score (nSPS) is 13.9. The average molecular weight is 300 g/mol. The molecule has 0 fully saturated rings. The number of methoxy groups -OCH3 is 1. The highest BCUT2D eigenvalue weighted by Crippen LogP contribution is 2.18. The molecule has 0 aromatic heterocycles. The van der Waals surface area contributed by atoms with Crippen molar-refractivity contribution in [2.24, 2.45) is 0 Å². The molecule has 0 spiro atoms. The second-order valence-corrected chi connectivity index (χ2v) is 4.98. The molecular formula is C13H18BrNO2. The number of alkyl halides is 1. The third kappa shape index (κ3) is 4.04. The number of hydrogen-bond acceptors (Lipinski definition) is 2. The fourth-order valence-corrected chi connectivity index (χ4v) is 1.60. The van der Waals surface area contributed by atoms with Gasteiger partial charge in [0.2, 0.25) is 5.91 Å². The second-order valence-electron chi connectivity index (χ2n) is 3.88. The summed E-state index contributed by atoms with van der Waals surface area (Å²) in [5.74, 6) is 0.843. The van der Waals surface area contributed by atoms with Crippen LogP contribution >= 0.6 is 15.9 Å². The van der Waals surface area contributed by atoms with E-state index in [0.717, 1.165) is 17.7 Å². The zero-order chi connectivity index (χ0) is 12.8. The molecular weight excluding hydrogens is 282 g/mol. The topological polar surface area (TPSA) is 38.3 Å². The standard InChI is InChI=1S/C13H18BrNO2/c1-4-12(14)13(16)15-9(2)10-5-7-11(17-3)8-6-10/h5-9,12H,4H2,1-3H3,(H,15,16)/t9-,12+/m1/s1. The van der Waals surface area contributed by atoms with E-state index in [1.165, 1.54) is 0 Å². The lowest BCUT2D eigenvalue weighted by Gasteiger charge is -2.16. The van der Waals surface area contributed by atoms with Crippen LogP contribution in [0.15, 0.2) is 24.3 Å². The summed E-state index contributed by atoms with van der Waals surface area (Å²) in [7, 11) is 1.64. The molecule has 0 radical (unpaired) electrons. The van der Waals surface area contributed by atoms with E-state index in [-0.39, 0.29) is 16.8 Å². The van der Waals surface area contributed by atoms with Gasteiger partial charge in [-0.25, -0.2) is 0 Å². The summed E-state index contributed by atoms with van der Waals surface area (Å²) < 4.78 is 5.09. The number of rotatable bonds is 5. The van der Waals surface area contributed by atoms with Crippen molar-refractivity contribution in [2.75, 3.05) is 7.11 Å². The van der Waals surface area contributed by atoms with Gasteiger partial charge in [0.1, 0.15) is 5.75 Å². The molecule has 0 aliphatic carbocycles. The Morgan fingerprint density at radius 3 is 2.47 bits per heavy atom. The molecule has 0 aliphatic heterocycles. The van der Waals surface area contributed by atoms with Crippen LogP contribution in [0.4, 0.5) is 0 Å². The predicted molar refractivity (Wildman–Crippen MR) is 72.6 cm³/mol. The number of benzene rings is 1.